The summed E-state index contributed by atoms with van der Waals surface area (Å²) in [7, 11) is 1.70. The van der Waals surface area contributed by atoms with Crippen LogP contribution in [0.3, 0.4) is 0 Å². The molecule has 0 spiro atoms. The number of piperazine rings is 1. The first-order chi connectivity index (χ1) is 16.2. The number of anilines is 1. The highest BCUT2D eigenvalue weighted by atomic mass is 16.5. The fourth-order valence-electron chi connectivity index (χ4n) is 4.73. The SMILES string of the molecule is COc1cccc2nc(N3CCN(CCCCC4N=c5ccccc5=CN4N)CC3)ccc12. The monoisotopic (exact) mass is 444 g/mol. The van der Waals surface area contributed by atoms with E-state index in [1.807, 2.05) is 30.5 Å². The summed E-state index contributed by atoms with van der Waals surface area (Å²) in [5.74, 6) is 8.12. The molecule has 1 saturated heterocycles. The molecule has 3 heterocycles. The van der Waals surface area contributed by atoms with Crippen molar-refractivity contribution in [1.29, 1.82) is 0 Å². The Kier molecular flexibility index (Phi) is 6.41. The predicted octanol–water partition coefficient (Wildman–Crippen LogP) is 2.11. The van der Waals surface area contributed by atoms with Crippen LogP contribution >= 0.6 is 0 Å². The van der Waals surface area contributed by atoms with Crippen molar-refractivity contribution in [2.75, 3.05) is 44.7 Å². The minimum atomic E-state index is 0.0364. The van der Waals surface area contributed by atoms with Gasteiger partial charge < -0.3 is 9.64 Å². The van der Waals surface area contributed by atoms with Crippen molar-refractivity contribution >= 4 is 22.9 Å². The van der Waals surface area contributed by atoms with Gasteiger partial charge >= 0.3 is 0 Å². The first-order valence-electron chi connectivity index (χ1n) is 11.8. The number of rotatable bonds is 7. The maximum absolute atomic E-state index is 6.20. The Hall–Kier alpha value is -3.16. The van der Waals surface area contributed by atoms with E-state index in [2.05, 4.69) is 40.1 Å². The lowest BCUT2D eigenvalue weighted by atomic mass is 10.1. The number of nitrogens with zero attached hydrogens (tertiary/aromatic N) is 5. The molecule has 33 heavy (non-hydrogen) atoms. The molecular weight excluding hydrogens is 412 g/mol. The second kappa shape index (κ2) is 9.77. The second-order valence-corrected chi connectivity index (χ2v) is 8.77. The van der Waals surface area contributed by atoms with Crippen molar-refractivity contribution in [3.05, 3.63) is 65.2 Å². The van der Waals surface area contributed by atoms with Crippen LogP contribution in [0.4, 0.5) is 5.82 Å². The number of ether oxygens (including phenoxy) is 1. The Bertz CT molecular complexity index is 1220. The van der Waals surface area contributed by atoms with Crippen molar-refractivity contribution < 1.29 is 4.74 Å². The number of unbranched alkanes of at least 4 members (excludes halogenated alkanes) is 1. The van der Waals surface area contributed by atoms with Gasteiger partial charge in [0.15, 0.2) is 0 Å². The number of para-hydroxylation sites is 1. The number of methoxy groups -OCH3 is 1. The molecule has 2 aliphatic rings. The van der Waals surface area contributed by atoms with Gasteiger partial charge in [-0.2, -0.15) is 0 Å². The average molecular weight is 445 g/mol. The van der Waals surface area contributed by atoms with Crippen LogP contribution in [0.15, 0.2) is 59.6 Å². The van der Waals surface area contributed by atoms with E-state index in [1.54, 1.807) is 12.1 Å². The lowest BCUT2D eigenvalue weighted by molar-refractivity contribution is 0.241. The highest BCUT2D eigenvalue weighted by Gasteiger charge is 2.19. The smallest absolute Gasteiger partial charge is 0.135 e. The maximum atomic E-state index is 6.20. The maximum Gasteiger partial charge on any atom is 0.135 e. The number of hydrogen-bond donors (Lipinski definition) is 1. The third-order valence-electron chi connectivity index (χ3n) is 6.64. The predicted molar refractivity (Wildman–Crippen MR) is 132 cm³/mol. The molecule has 0 bridgehead atoms. The second-order valence-electron chi connectivity index (χ2n) is 8.77. The summed E-state index contributed by atoms with van der Waals surface area (Å²) in [4.78, 5) is 14.6. The number of hydrogen-bond acceptors (Lipinski definition) is 7. The van der Waals surface area contributed by atoms with E-state index in [0.29, 0.717) is 0 Å². The first kappa shape index (κ1) is 21.7. The van der Waals surface area contributed by atoms with E-state index >= 15 is 0 Å². The minimum Gasteiger partial charge on any atom is -0.496 e. The molecule has 7 nitrogen and oxygen atoms in total. The Morgan fingerprint density at radius 3 is 2.67 bits per heavy atom. The number of fused-ring (bicyclic) bond motifs is 2. The van der Waals surface area contributed by atoms with Gasteiger partial charge in [-0.25, -0.2) is 10.8 Å². The summed E-state index contributed by atoms with van der Waals surface area (Å²) in [6, 6.07) is 18.4. The molecular formula is C26H32N6O. The van der Waals surface area contributed by atoms with Gasteiger partial charge in [-0.1, -0.05) is 24.3 Å². The Morgan fingerprint density at radius 1 is 0.970 bits per heavy atom. The van der Waals surface area contributed by atoms with Crippen molar-refractivity contribution in [2.24, 2.45) is 10.8 Å². The third-order valence-corrected chi connectivity index (χ3v) is 6.64. The van der Waals surface area contributed by atoms with Gasteiger partial charge in [-0.3, -0.25) is 14.9 Å². The van der Waals surface area contributed by atoms with Crippen LogP contribution in [0, 0.1) is 0 Å². The molecule has 0 saturated carbocycles. The molecule has 5 rings (SSSR count). The molecule has 172 valence electrons. The lowest BCUT2D eigenvalue weighted by Crippen LogP contribution is -2.47. The van der Waals surface area contributed by atoms with Crippen LogP contribution in [-0.4, -0.2) is 60.9 Å². The molecule has 2 aliphatic heterocycles. The van der Waals surface area contributed by atoms with Crippen LogP contribution in [0.25, 0.3) is 17.1 Å². The van der Waals surface area contributed by atoms with Gasteiger partial charge in [0.2, 0.25) is 0 Å². The van der Waals surface area contributed by atoms with E-state index in [0.717, 1.165) is 85.0 Å². The Morgan fingerprint density at radius 2 is 1.82 bits per heavy atom. The van der Waals surface area contributed by atoms with Crippen molar-refractivity contribution in [1.82, 2.24) is 14.9 Å². The number of benzene rings is 2. The zero-order chi connectivity index (χ0) is 22.6. The molecule has 1 unspecified atom stereocenters. The van der Waals surface area contributed by atoms with Gasteiger partial charge in [-0.05, 0) is 56.1 Å². The van der Waals surface area contributed by atoms with Crippen LogP contribution in [0.2, 0.25) is 0 Å². The topological polar surface area (TPSA) is 70.2 Å². The zero-order valence-electron chi connectivity index (χ0n) is 19.2. The summed E-state index contributed by atoms with van der Waals surface area (Å²) in [5, 5.41) is 4.95. The molecule has 7 heteroatoms. The molecule has 3 aromatic rings. The van der Waals surface area contributed by atoms with E-state index in [1.165, 1.54) is 0 Å². The Labute approximate surface area is 194 Å². The first-order valence-corrected chi connectivity index (χ1v) is 11.8. The average Bonchev–Trinajstić information content (AvgIpc) is 2.86. The molecule has 1 fully saturated rings. The summed E-state index contributed by atoms with van der Waals surface area (Å²) < 4.78 is 5.46. The quantitative estimate of drug-likeness (QED) is 0.445. The number of aromatic nitrogens is 1. The summed E-state index contributed by atoms with van der Waals surface area (Å²) in [6.45, 7) is 5.25. The minimum absolute atomic E-state index is 0.0364. The van der Waals surface area contributed by atoms with E-state index in [4.69, 9.17) is 20.6 Å². The summed E-state index contributed by atoms with van der Waals surface area (Å²) in [5.41, 5.74) is 0.983. The largest absolute Gasteiger partial charge is 0.496 e. The van der Waals surface area contributed by atoms with E-state index < -0.39 is 0 Å². The number of hydrazine groups is 1. The van der Waals surface area contributed by atoms with Gasteiger partial charge in [-0.15, -0.1) is 0 Å². The number of pyridine rings is 1. The van der Waals surface area contributed by atoms with Crippen molar-refractivity contribution in [3.63, 3.8) is 0 Å². The molecule has 2 aromatic carbocycles. The third kappa shape index (κ3) is 4.79. The standard InChI is InChI=1S/C26H32N6O/c1-33-24-10-6-9-23-21(24)12-13-25(29-23)31-17-15-30(16-18-31)14-5-4-11-26-28-22-8-3-2-7-20(22)19-32(26)27/h2-3,6-10,12-13,19,26H,4-5,11,14-18,27H2,1H3. The van der Waals surface area contributed by atoms with E-state index in [9.17, 15) is 0 Å². The fourth-order valence-corrected chi connectivity index (χ4v) is 4.73. The van der Waals surface area contributed by atoms with Crippen LogP contribution < -0.4 is 26.1 Å². The zero-order valence-corrected chi connectivity index (χ0v) is 19.2. The van der Waals surface area contributed by atoms with Crippen molar-refractivity contribution in [2.45, 2.75) is 25.4 Å². The normalized spacial score (nSPS) is 18.5. The molecule has 0 radical (unpaired) electrons. The lowest BCUT2D eigenvalue weighted by Gasteiger charge is -2.35. The van der Waals surface area contributed by atoms with Gasteiger partial charge in [0.25, 0.3) is 0 Å². The summed E-state index contributed by atoms with van der Waals surface area (Å²) in [6.07, 6.45) is 5.30. The van der Waals surface area contributed by atoms with Gasteiger partial charge in [0.1, 0.15) is 17.7 Å². The number of nitrogens with two attached hydrogens (primary N) is 1. The fraction of sp³-hybridized carbons (Fsp3) is 0.385. The molecule has 0 amide bonds. The van der Waals surface area contributed by atoms with Crippen LogP contribution in [-0.2, 0) is 0 Å². The molecule has 0 aliphatic carbocycles. The highest BCUT2D eigenvalue weighted by molar-refractivity contribution is 5.86. The van der Waals surface area contributed by atoms with Crippen molar-refractivity contribution in [3.8, 4) is 5.75 Å². The van der Waals surface area contributed by atoms with Gasteiger partial charge in [0.05, 0.1) is 18.0 Å². The van der Waals surface area contributed by atoms with Crippen LogP contribution in [0.1, 0.15) is 19.3 Å². The molecule has 1 aromatic heterocycles. The Balaban J connectivity index is 1.09. The molecule has 2 N–H and O–H groups in total. The highest BCUT2D eigenvalue weighted by Crippen LogP contribution is 2.26. The molecule has 1 atom stereocenters. The van der Waals surface area contributed by atoms with Crippen LogP contribution in [0.5, 0.6) is 5.75 Å². The van der Waals surface area contributed by atoms with Gasteiger partial charge in [0, 0.05) is 43.0 Å². The summed E-state index contributed by atoms with van der Waals surface area (Å²) >= 11 is 0. The van der Waals surface area contributed by atoms with E-state index in [-0.39, 0.29) is 6.17 Å².